The first kappa shape index (κ1) is 17.0. The van der Waals surface area contributed by atoms with E-state index in [1.54, 1.807) is 0 Å². The summed E-state index contributed by atoms with van der Waals surface area (Å²) in [5.41, 5.74) is -1.30. The fourth-order valence-electron chi connectivity index (χ4n) is 3.27. The third kappa shape index (κ3) is 2.34. The number of amides is 1. The molecule has 0 bridgehead atoms. The number of carbonyl (C=O) groups excluding carboxylic acids is 2. The van der Waals surface area contributed by atoms with E-state index in [1.807, 2.05) is 27.7 Å². The van der Waals surface area contributed by atoms with Gasteiger partial charge in [0.1, 0.15) is 6.23 Å². The van der Waals surface area contributed by atoms with Crippen LogP contribution < -0.4 is 0 Å². The lowest BCUT2D eigenvalue weighted by atomic mass is 9.85. The molecule has 0 radical (unpaired) electrons. The van der Waals surface area contributed by atoms with Crippen LogP contribution in [-0.2, 0) is 19.1 Å². The van der Waals surface area contributed by atoms with E-state index >= 15 is 0 Å². The first-order chi connectivity index (χ1) is 10.2. The van der Waals surface area contributed by atoms with Crippen LogP contribution in [0, 0.1) is 5.41 Å². The molecule has 1 saturated heterocycles. The molecule has 3 atom stereocenters. The maximum atomic E-state index is 12.5. The molecule has 2 rings (SSSR count). The van der Waals surface area contributed by atoms with Crippen molar-refractivity contribution in [3.05, 3.63) is 11.6 Å². The van der Waals surface area contributed by atoms with E-state index in [4.69, 9.17) is 9.47 Å². The van der Waals surface area contributed by atoms with Crippen LogP contribution in [0.5, 0.6) is 0 Å². The number of aliphatic hydroxyl groups is 1. The van der Waals surface area contributed by atoms with Gasteiger partial charge in [-0.1, -0.05) is 34.1 Å². The predicted octanol–water partition coefficient (Wildman–Crippen LogP) is 1.23. The lowest BCUT2D eigenvalue weighted by molar-refractivity contribution is -0.157. The van der Waals surface area contributed by atoms with Gasteiger partial charge in [-0.2, -0.15) is 0 Å². The molecule has 1 amide bonds. The molecule has 0 aromatic carbocycles. The minimum atomic E-state index is -1.33. The largest absolute Gasteiger partial charge is 0.467 e. The summed E-state index contributed by atoms with van der Waals surface area (Å²) >= 11 is 0. The Morgan fingerprint density at radius 2 is 2.23 bits per heavy atom. The zero-order valence-electron chi connectivity index (χ0n) is 13.9. The summed E-state index contributed by atoms with van der Waals surface area (Å²) in [5, 5.41) is 10.4. The number of ether oxygens (including phenoxy) is 2. The Bertz CT molecular complexity index is 507. The Kier molecular flexibility index (Phi) is 4.37. The molecule has 0 aromatic heterocycles. The molecule has 2 aliphatic heterocycles. The molecule has 2 aliphatic rings. The molecular weight excluding hydrogens is 286 g/mol. The molecule has 6 nitrogen and oxygen atoms in total. The number of methoxy groups -OCH3 is 1. The third-order valence-corrected chi connectivity index (χ3v) is 4.27. The molecular formula is C16H25NO5. The Hall–Kier alpha value is -1.40. The Balaban J connectivity index is 2.50. The number of aliphatic hydroxyl groups excluding tert-OH is 1. The monoisotopic (exact) mass is 311 g/mol. The summed E-state index contributed by atoms with van der Waals surface area (Å²) in [4.78, 5) is 26.5. The zero-order chi connectivity index (χ0) is 16.7. The van der Waals surface area contributed by atoms with Crippen molar-refractivity contribution >= 4 is 11.9 Å². The first-order valence-corrected chi connectivity index (χ1v) is 7.63. The Morgan fingerprint density at radius 3 is 2.73 bits per heavy atom. The minimum absolute atomic E-state index is 0.0138. The van der Waals surface area contributed by atoms with Gasteiger partial charge >= 0.3 is 5.97 Å². The lowest BCUT2D eigenvalue weighted by Gasteiger charge is -2.38. The van der Waals surface area contributed by atoms with E-state index in [1.165, 1.54) is 18.1 Å². The van der Waals surface area contributed by atoms with E-state index < -0.39 is 23.8 Å². The Morgan fingerprint density at radius 1 is 1.59 bits per heavy atom. The molecule has 0 aliphatic carbocycles. The zero-order valence-corrected chi connectivity index (χ0v) is 13.9. The van der Waals surface area contributed by atoms with Gasteiger partial charge in [0, 0.05) is 17.1 Å². The second-order valence-electron chi connectivity index (χ2n) is 6.99. The van der Waals surface area contributed by atoms with Crippen molar-refractivity contribution < 1.29 is 24.2 Å². The standard InChI is InChI=1S/C16H25NO5/c1-6-7-11(18)10-8-12(19)17-13(15(2,3)4)22-9-16(10,17)14(20)21-5/h8,11,13,18H,6-7,9H2,1-5H3/t11-,13+,16+/m1/s1. The summed E-state index contributed by atoms with van der Waals surface area (Å²) in [6.07, 6.45) is 1.19. The van der Waals surface area contributed by atoms with Gasteiger partial charge in [-0.05, 0) is 6.42 Å². The summed E-state index contributed by atoms with van der Waals surface area (Å²) in [6.45, 7) is 7.78. The average Bonchev–Trinajstić information content (AvgIpc) is 2.95. The molecule has 0 unspecified atom stereocenters. The maximum absolute atomic E-state index is 12.5. The third-order valence-electron chi connectivity index (χ3n) is 4.27. The summed E-state index contributed by atoms with van der Waals surface area (Å²) in [6, 6.07) is 0. The van der Waals surface area contributed by atoms with Crippen molar-refractivity contribution in [2.75, 3.05) is 13.7 Å². The summed E-state index contributed by atoms with van der Waals surface area (Å²) in [5.74, 6) is -0.875. The van der Waals surface area contributed by atoms with Gasteiger partial charge in [-0.25, -0.2) is 4.79 Å². The van der Waals surface area contributed by atoms with Gasteiger partial charge in [0.05, 0.1) is 19.8 Å². The molecule has 22 heavy (non-hydrogen) atoms. The van der Waals surface area contributed by atoms with Crippen molar-refractivity contribution in [3.8, 4) is 0 Å². The van der Waals surface area contributed by atoms with Gasteiger partial charge in [0.15, 0.2) is 5.54 Å². The first-order valence-electron chi connectivity index (χ1n) is 7.63. The molecule has 6 heteroatoms. The highest BCUT2D eigenvalue weighted by Gasteiger charge is 2.64. The number of hydrogen-bond acceptors (Lipinski definition) is 5. The van der Waals surface area contributed by atoms with Crippen LogP contribution >= 0.6 is 0 Å². The van der Waals surface area contributed by atoms with Crippen LogP contribution in [-0.4, -0.2) is 53.5 Å². The van der Waals surface area contributed by atoms with E-state index in [0.717, 1.165) is 6.42 Å². The SMILES string of the molecule is CCC[C@@H](O)C1=CC(=O)N2[C@H](C(C)(C)C)OC[C@@]12C(=O)OC. The van der Waals surface area contributed by atoms with Crippen LogP contribution in [0.15, 0.2) is 11.6 Å². The summed E-state index contributed by atoms with van der Waals surface area (Å²) < 4.78 is 10.7. The Labute approximate surface area is 131 Å². The number of esters is 1. The van der Waals surface area contributed by atoms with Gasteiger partial charge in [-0.3, -0.25) is 9.69 Å². The van der Waals surface area contributed by atoms with Gasteiger partial charge in [0.25, 0.3) is 0 Å². The van der Waals surface area contributed by atoms with E-state index in [2.05, 4.69) is 0 Å². The number of rotatable bonds is 4. The van der Waals surface area contributed by atoms with Gasteiger partial charge in [0.2, 0.25) is 5.91 Å². The van der Waals surface area contributed by atoms with E-state index in [0.29, 0.717) is 12.0 Å². The van der Waals surface area contributed by atoms with Crippen LogP contribution in [0.2, 0.25) is 0 Å². The lowest BCUT2D eigenvalue weighted by Crippen LogP contribution is -2.58. The van der Waals surface area contributed by atoms with Gasteiger partial charge < -0.3 is 14.6 Å². The predicted molar refractivity (Wildman–Crippen MR) is 79.8 cm³/mol. The van der Waals surface area contributed by atoms with E-state index in [-0.39, 0.29) is 17.9 Å². The smallest absolute Gasteiger partial charge is 0.338 e. The van der Waals surface area contributed by atoms with Crippen LogP contribution in [0.4, 0.5) is 0 Å². The van der Waals surface area contributed by atoms with Crippen molar-refractivity contribution in [2.24, 2.45) is 5.41 Å². The molecule has 124 valence electrons. The van der Waals surface area contributed by atoms with Crippen LogP contribution in [0.1, 0.15) is 40.5 Å². The normalized spacial score (nSPS) is 29.4. The minimum Gasteiger partial charge on any atom is -0.467 e. The van der Waals surface area contributed by atoms with Gasteiger partial charge in [-0.15, -0.1) is 0 Å². The fourth-order valence-corrected chi connectivity index (χ4v) is 3.27. The van der Waals surface area contributed by atoms with Crippen LogP contribution in [0.3, 0.4) is 0 Å². The van der Waals surface area contributed by atoms with Crippen molar-refractivity contribution in [3.63, 3.8) is 0 Å². The highest BCUT2D eigenvalue weighted by molar-refractivity contribution is 6.02. The second-order valence-corrected chi connectivity index (χ2v) is 6.99. The quantitative estimate of drug-likeness (QED) is 0.790. The topological polar surface area (TPSA) is 76.1 Å². The molecule has 0 spiro atoms. The highest BCUT2D eigenvalue weighted by Crippen LogP contribution is 2.46. The van der Waals surface area contributed by atoms with Crippen molar-refractivity contribution in [2.45, 2.75) is 58.4 Å². The number of hydrogen-bond donors (Lipinski definition) is 1. The number of carbonyl (C=O) groups is 2. The average molecular weight is 311 g/mol. The molecule has 1 fully saturated rings. The second kappa shape index (κ2) is 5.66. The van der Waals surface area contributed by atoms with E-state index in [9.17, 15) is 14.7 Å². The summed E-state index contributed by atoms with van der Waals surface area (Å²) in [7, 11) is 1.28. The highest BCUT2D eigenvalue weighted by atomic mass is 16.6. The van der Waals surface area contributed by atoms with Crippen molar-refractivity contribution in [1.82, 2.24) is 4.90 Å². The molecule has 2 heterocycles. The molecule has 0 aromatic rings. The number of fused-ring (bicyclic) bond motifs is 1. The van der Waals surface area contributed by atoms with Crippen molar-refractivity contribution in [1.29, 1.82) is 0 Å². The van der Waals surface area contributed by atoms with Crippen LogP contribution in [0.25, 0.3) is 0 Å². The maximum Gasteiger partial charge on any atom is 0.338 e. The fraction of sp³-hybridized carbons (Fsp3) is 0.750. The molecule has 1 N–H and O–H groups in total. The molecule has 0 saturated carbocycles. The number of nitrogens with zero attached hydrogens (tertiary/aromatic N) is 1.